The van der Waals surface area contributed by atoms with E-state index in [1.54, 1.807) is 18.3 Å². The van der Waals surface area contributed by atoms with Crippen LogP contribution in [0.3, 0.4) is 0 Å². The van der Waals surface area contributed by atoms with Gasteiger partial charge in [-0.05, 0) is 42.7 Å². The lowest BCUT2D eigenvalue weighted by Crippen LogP contribution is -2.45. The summed E-state index contributed by atoms with van der Waals surface area (Å²) in [6, 6.07) is 10.9. The van der Waals surface area contributed by atoms with Crippen LogP contribution in [0.25, 0.3) is 0 Å². The molecule has 2 fully saturated rings. The molecule has 1 aromatic heterocycles. The van der Waals surface area contributed by atoms with Crippen LogP contribution in [0.2, 0.25) is 0 Å². The molecule has 0 N–H and O–H groups in total. The molecule has 1 amide bonds. The Morgan fingerprint density at radius 2 is 1.97 bits per heavy atom. The van der Waals surface area contributed by atoms with Crippen molar-refractivity contribution in [2.24, 2.45) is 0 Å². The fraction of sp³-hybridized carbons (Fsp3) is 0.520. The highest BCUT2D eigenvalue weighted by molar-refractivity contribution is 5.79. The fourth-order valence-electron chi connectivity index (χ4n) is 4.73. The van der Waals surface area contributed by atoms with Gasteiger partial charge in [0.2, 0.25) is 5.91 Å². The van der Waals surface area contributed by atoms with Gasteiger partial charge in [-0.2, -0.15) is 0 Å². The normalized spacial score (nSPS) is 20.9. The molecule has 0 radical (unpaired) electrons. The van der Waals surface area contributed by atoms with Crippen LogP contribution in [0.1, 0.15) is 43.4 Å². The first-order valence-electron chi connectivity index (χ1n) is 11.5. The van der Waals surface area contributed by atoms with Gasteiger partial charge in [0.15, 0.2) is 11.6 Å². The van der Waals surface area contributed by atoms with Crippen molar-refractivity contribution in [3.8, 4) is 5.75 Å². The number of carbonyl (C=O) groups is 1. The van der Waals surface area contributed by atoms with Crippen LogP contribution in [0, 0.1) is 5.82 Å². The number of ether oxygens (including phenoxy) is 2. The summed E-state index contributed by atoms with van der Waals surface area (Å²) in [5.41, 5.74) is 1.78. The molecule has 0 spiro atoms. The highest BCUT2D eigenvalue weighted by atomic mass is 19.1. The first-order chi connectivity index (χ1) is 15.6. The standard InChI is InChI=1S/C25H32FN3O3/c1-31-24-13-19(10-11-23(24)26)14-28-15-22(32-18-20-7-5-6-12-27-20)16-29(25(30)17-28)21-8-3-2-4-9-21/h5-7,10-13,21-22H,2-4,8-9,14-18H2,1H3. The number of hydrogen-bond acceptors (Lipinski definition) is 5. The van der Waals surface area contributed by atoms with E-state index in [9.17, 15) is 9.18 Å². The van der Waals surface area contributed by atoms with E-state index < -0.39 is 0 Å². The number of amides is 1. The highest BCUT2D eigenvalue weighted by Crippen LogP contribution is 2.26. The van der Waals surface area contributed by atoms with Crippen LogP contribution in [0.4, 0.5) is 4.39 Å². The number of hydrogen-bond donors (Lipinski definition) is 0. The van der Waals surface area contributed by atoms with Crippen LogP contribution >= 0.6 is 0 Å². The molecule has 1 aliphatic carbocycles. The second-order valence-electron chi connectivity index (χ2n) is 8.73. The molecule has 32 heavy (non-hydrogen) atoms. The van der Waals surface area contributed by atoms with Crippen LogP contribution in [0.15, 0.2) is 42.6 Å². The number of pyridine rings is 1. The number of benzene rings is 1. The maximum Gasteiger partial charge on any atom is 0.237 e. The lowest BCUT2D eigenvalue weighted by atomic mass is 9.94. The number of aromatic nitrogens is 1. The number of rotatable bonds is 7. The van der Waals surface area contributed by atoms with Crippen LogP contribution in [-0.2, 0) is 22.7 Å². The lowest BCUT2D eigenvalue weighted by Gasteiger charge is -2.35. The number of halogens is 1. The third-order valence-corrected chi connectivity index (χ3v) is 6.37. The fourth-order valence-corrected chi connectivity index (χ4v) is 4.73. The van der Waals surface area contributed by atoms with Crippen molar-refractivity contribution in [3.63, 3.8) is 0 Å². The van der Waals surface area contributed by atoms with Gasteiger partial charge in [0.25, 0.3) is 0 Å². The molecule has 6 nitrogen and oxygen atoms in total. The number of carbonyl (C=O) groups excluding carboxylic acids is 1. The first kappa shape index (κ1) is 22.7. The minimum absolute atomic E-state index is 0.118. The molecular weight excluding hydrogens is 409 g/mol. The molecule has 1 saturated heterocycles. The molecule has 1 unspecified atom stereocenters. The van der Waals surface area contributed by atoms with Crippen molar-refractivity contribution in [1.29, 1.82) is 0 Å². The van der Waals surface area contributed by atoms with E-state index in [4.69, 9.17) is 9.47 Å². The molecule has 0 bridgehead atoms. The quantitative estimate of drug-likeness (QED) is 0.654. The van der Waals surface area contributed by atoms with Crippen LogP contribution in [0.5, 0.6) is 5.75 Å². The Bertz CT molecular complexity index is 889. The van der Waals surface area contributed by atoms with Gasteiger partial charge in [-0.1, -0.05) is 31.4 Å². The minimum Gasteiger partial charge on any atom is -0.494 e. The largest absolute Gasteiger partial charge is 0.494 e. The van der Waals surface area contributed by atoms with Gasteiger partial charge in [0.05, 0.1) is 32.1 Å². The van der Waals surface area contributed by atoms with Crippen molar-refractivity contribution in [3.05, 3.63) is 59.7 Å². The molecule has 4 rings (SSSR count). The van der Waals surface area contributed by atoms with Crippen molar-refractivity contribution < 1.29 is 18.7 Å². The van der Waals surface area contributed by atoms with Gasteiger partial charge in [0.1, 0.15) is 0 Å². The molecule has 172 valence electrons. The van der Waals surface area contributed by atoms with E-state index in [-0.39, 0.29) is 23.6 Å². The molecular formula is C25H32FN3O3. The second kappa shape index (κ2) is 10.9. The third kappa shape index (κ3) is 5.84. The zero-order chi connectivity index (χ0) is 22.3. The van der Waals surface area contributed by atoms with Crippen molar-refractivity contribution >= 4 is 5.91 Å². The summed E-state index contributed by atoms with van der Waals surface area (Å²) >= 11 is 0. The summed E-state index contributed by atoms with van der Waals surface area (Å²) in [5.74, 6) is -0.0198. The van der Waals surface area contributed by atoms with Gasteiger partial charge in [-0.25, -0.2) is 4.39 Å². The highest BCUT2D eigenvalue weighted by Gasteiger charge is 2.33. The van der Waals surface area contributed by atoms with Crippen molar-refractivity contribution in [1.82, 2.24) is 14.8 Å². The van der Waals surface area contributed by atoms with Gasteiger partial charge in [-0.15, -0.1) is 0 Å². The second-order valence-corrected chi connectivity index (χ2v) is 8.73. The summed E-state index contributed by atoms with van der Waals surface area (Å²) < 4.78 is 25.2. The van der Waals surface area contributed by atoms with Gasteiger partial charge in [0, 0.05) is 31.9 Å². The molecule has 1 atom stereocenters. The number of nitrogens with zero attached hydrogens (tertiary/aromatic N) is 3. The van der Waals surface area contributed by atoms with E-state index in [0.717, 1.165) is 24.1 Å². The Hall–Kier alpha value is -2.51. The maximum atomic E-state index is 13.8. The smallest absolute Gasteiger partial charge is 0.237 e. The van der Waals surface area contributed by atoms with Crippen molar-refractivity contribution in [2.45, 2.75) is 57.4 Å². The Balaban J connectivity index is 1.49. The topological polar surface area (TPSA) is 54.9 Å². The first-order valence-corrected chi connectivity index (χ1v) is 11.5. The monoisotopic (exact) mass is 441 g/mol. The van der Waals surface area contributed by atoms with Crippen LogP contribution < -0.4 is 4.74 Å². The SMILES string of the molecule is COc1cc(CN2CC(=O)N(C3CCCCC3)CC(OCc3ccccn3)C2)ccc1F. The zero-order valence-corrected chi connectivity index (χ0v) is 18.7. The van der Waals surface area contributed by atoms with E-state index >= 15 is 0 Å². The van der Waals surface area contributed by atoms with Gasteiger partial charge >= 0.3 is 0 Å². The third-order valence-electron chi connectivity index (χ3n) is 6.37. The van der Waals surface area contributed by atoms with Gasteiger partial charge < -0.3 is 14.4 Å². The molecule has 2 aromatic rings. The van der Waals surface area contributed by atoms with Gasteiger partial charge in [-0.3, -0.25) is 14.7 Å². The molecule has 1 aliphatic heterocycles. The summed E-state index contributed by atoms with van der Waals surface area (Å²) in [6.07, 6.45) is 7.36. The molecule has 1 aromatic carbocycles. The van der Waals surface area contributed by atoms with E-state index in [1.165, 1.54) is 32.4 Å². The predicted molar refractivity (Wildman–Crippen MR) is 120 cm³/mol. The lowest BCUT2D eigenvalue weighted by molar-refractivity contribution is -0.135. The van der Waals surface area contributed by atoms with E-state index in [2.05, 4.69) is 9.88 Å². The summed E-state index contributed by atoms with van der Waals surface area (Å²) in [5, 5.41) is 0. The Morgan fingerprint density at radius 3 is 2.72 bits per heavy atom. The average molecular weight is 442 g/mol. The molecule has 1 saturated carbocycles. The van der Waals surface area contributed by atoms with E-state index in [1.807, 2.05) is 23.1 Å². The Kier molecular flexibility index (Phi) is 7.71. The zero-order valence-electron chi connectivity index (χ0n) is 18.7. The average Bonchev–Trinajstić information content (AvgIpc) is 2.98. The Labute approximate surface area is 189 Å². The molecule has 2 heterocycles. The molecule has 7 heteroatoms. The van der Waals surface area contributed by atoms with Crippen LogP contribution in [-0.4, -0.2) is 59.6 Å². The minimum atomic E-state index is -0.386. The number of methoxy groups -OCH3 is 1. The maximum absolute atomic E-state index is 13.8. The summed E-state index contributed by atoms with van der Waals surface area (Å²) in [7, 11) is 1.46. The summed E-state index contributed by atoms with van der Waals surface area (Å²) in [4.78, 5) is 21.7. The predicted octanol–water partition coefficient (Wildman–Crippen LogP) is 3.79. The summed E-state index contributed by atoms with van der Waals surface area (Å²) in [6.45, 7) is 2.50. The van der Waals surface area contributed by atoms with Crippen molar-refractivity contribution in [2.75, 3.05) is 26.7 Å². The molecule has 2 aliphatic rings. The van der Waals surface area contributed by atoms with E-state index in [0.29, 0.717) is 38.8 Å². The Morgan fingerprint density at radius 1 is 1.12 bits per heavy atom.